The van der Waals surface area contributed by atoms with Gasteiger partial charge in [-0.3, -0.25) is 4.79 Å². The highest BCUT2D eigenvalue weighted by atomic mass is 32.1. The predicted molar refractivity (Wildman–Crippen MR) is 112 cm³/mol. The zero-order valence-electron chi connectivity index (χ0n) is 15.7. The Labute approximate surface area is 173 Å². The number of nitriles is 1. The lowest BCUT2D eigenvalue weighted by Gasteiger charge is -2.14. The number of benzene rings is 2. The van der Waals surface area contributed by atoms with Crippen LogP contribution in [0.4, 0.5) is 0 Å². The van der Waals surface area contributed by atoms with Gasteiger partial charge in [0.25, 0.3) is 5.91 Å². The number of carbonyl (C=O) groups excluding carboxylic acids is 1. The highest BCUT2D eigenvalue weighted by molar-refractivity contribution is 7.13. The van der Waals surface area contributed by atoms with Crippen LogP contribution in [0.2, 0.25) is 0 Å². The first-order chi connectivity index (χ1) is 14.2. The largest absolute Gasteiger partial charge is 0.457 e. The van der Waals surface area contributed by atoms with Crippen LogP contribution in [0.1, 0.15) is 16.9 Å². The van der Waals surface area contributed by atoms with Crippen molar-refractivity contribution in [3.8, 4) is 28.3 Å². The van der Waals surface area contributed by atoms with Crippen molar-refractivity contribution in [2.45, 2.75) is 6.42 Å². The van der Waals surface area contributed by atoms with Gasteiger partial charge in [-0.1, -0.05) is 30.3 Å². The van der Waals surface area contributed by atoms with Crippen molar-refractivity contribution >= 4 is 17.2 Å². The number of aromatic nitrogens is 1. The molecule has 2 aromatic carbocycles. The van der Waals surface area contributed by atoms with Gasteiger partial charge in [-0.25, -0.2) is 4.98 Å². The second kappa shape index (κ2) is 8.76. The maximum atomic E-state index is 12.8. The lowest BCUT2D eigenvalue weighted by atomic mass is 10.1. The Morgan fingerprint density at radius 1 is 1.24 bits per heavy atom. The second-order valence-corrected chi connectivity index (χ2v) is 7.71. The molecule has 0 spiro atoms. The zero-order valence-corrected chi connectivity index (χ0v) is 16.6. The van der Waals surface area contributed by atoms with Gasteiger partial charge in [0.1, 0.15) is 22.2 Å². The van der Waals surface area contributed by atoms with Crippen molar-refractivity contribution in [3.63, 3.8) is 0 Å². The summed E-state index contributed by atoms with van der Waals surface area (Å²) in [6.45, 7) is 1.94. The topological polar surface area (TPSA) is 78.2 Å². The molecule has 3 aromatic rings. The fourth-order valence-corrected chi connectivity index (χ4v) is 4.20. The SMILES string of the molecule is N#CNC[C@@H]1CCN(C(=O)c2csc(-c3ccccc3Oc3ccccc3)n2)C1. The number of para-hydroxylation sites is 2. The molecule has 1 N–H and O–H groups in total. The monoisotopic (exact) mass is 404 g/mol. The molecule has 1 aromatic heterocycles. The molecular weight excluding hydrogens is 384 g/mol. The minimum Gasteiger partial charge on any atom is -0.457 e. The summed E-state index contributed by atoms with van der Waals surface area (Å²) in [6.07, 6.45) is 2.83. The molecule has 1 saturated heterocycles. The molecule has 2 heterocycles. The van der Waals surface area contributed by atoms with Gasteiger partial charge >= 0.3 is 0 Å². The van der Waals surface area contributed by atoms with Crippen molar-refractivity contribution in [1.29, 1.82) is 5.26 Å². The summed E-state index contributed by atoms with van der Waals surface area (Å²) in [4.78, 5) is 19.2. The molecule has 1 aliphatic rings. The third kappa shape index (κ3) is 4.39. The van der Waals surface area contributed by atoms with E-state index >= 15 is 0 Å². The number of likely N-dealkylation sites (tertiary alicyclic amines) is 1. The maximum absolute atomic E-state index is 12.8. The van der Waals surface area contributed by atoms with Crippen LogP contribution in [0.15, 0.2) is 60.0 Å². The van der Waals surface area contributed by atoms with Crippen LogP contribution in [-0.2, 0) is 0 Å². The molecule has 0 bridgehead atoms. The van der Waals surface area contributed by atoms with E-state index in [9.17, 15) is 4.79 Å². The van der Waals surface area contributed by atoms with E-state index in [0.717, 1.165) is 22.7 Å². The van der Waals surface area contributed by atoms with Gasteiger partial charge in [0.15, 0.2) is 6.19 Å². The molecule has 1 fully saturated rings. The van der Waals surface area contributed by atoms with E-state index in [0.29, 0.717) is 37.0 Å². The van der Waals surface area contributed by atoms with Gasteiger partial charge in [0, 0.05) is 25.0 Å². The average Bonchev–Trinajstić information content (AvgIpc) is 3.43. The summed E-state index contributed by atoms with van der Waals surface area (Å²) in [6, 6.07) is 17.3. The van der Waals surface area contributed by atoms with E-state index in [-0.39, 0.29) is 5.91 Å². The van der Waals surface area contributed by atoms with Gasteiger partial charge in [0.05, 0.1) is 5.56 Å². The Bertz CT molecular complexity index is 1030. The third-order valence-electron chi connectivity index (χ3n) is 4.85. The van der Waals surface area contributed by atoms with Crippen molar-refractivity contribution in [1.82, 2.24) is 15.2 Å². The molecule has 7 heteroatoms. The van der Waals surface area contributed by atoms with E-state index < -0.39 is 0 Å². The van der Waals surface area contributed by atoms with E-state index in [1.54, 1.807) is 5.38 Å². The van der Waals surface area contributed by atoms with E-state index in [2.05, 4.69) is 10.3 Å². The molecule has 0 radical (unpaired) electrons. The first-order valence-corrected chi connectivity index (χ1v) is 10.3. The van der Waals surface area contributed by atoms with Gasteiger partial charge < -0.3 is 15.0 Å². The van der Waals surface area contributed by atoms with Crippen LogP contribution < -0.4 is 10.1 Å². The molecule has 29 heavy (non-hydrogen) atoms. The van der Waals surface area contributed by atoms with Gasteiger partial charge in [-0.05, 0) is 36.6 Å². The minimum absolute atomic E-state index is 0.0617. The van der Waals surface area contributed by atoms with Crippen molar-refractivity contribution in [3.05, 3.63) is 65.7 Å². The number of hydrogen-bond acceptors (Lipinski definition) is 6. The summed E-state index contributed by atoms with van der Waals surface area (Å²) < 4.78 is 6.02. The number of amides is 1. The van der Waals surface area contributed by atoms with Gasteiger partial charge in [0.2, 0.25) is 0 Å². The Kier molecular flexibility index (Phi) is 5.73. The molecule has 1 atom stereocenters. The summed E-state index contributed by atoms with van der Waals surface area (Å²) >= 11 is 1.44. The number of nitrogens with one attached hydrogen (secondary N) is 1. The van der Waals surface area contributed by atoms with Crippen molar-refractivity contribution in [2.24, 2.45) is 5.92 Å². The number of thiazole rings is 1. The second-order valence-electron chi connectivity index (χ2n) is 6.85. The number of ether oxygens (including phenoxy) is 1. The average molecular weight is 404 g/mol. The van der Waals surface area contributed by atoms with Crippen LogP contribution in [0.25, 0.3) is 10.6 Å². The van der Waals surface area contributed by atoms with Crippen LogP contribution in [0.5, 0.6) is 11.5 Å². The Hall–Kier alpha value is -3.37. The molecule has 0 saturated carbocycles. The molecule has 4 rings (SSSR count). The fourth-order valence-electron chi connectivity index (χ4n) is 3.38. The maximum Gasteiger partial charge on any atom is 0.273 e. The molecule has 0 unspecified atom stereocenters. The van der Waals surface area contributed by atoms with Crippen LogP contribution in [0, 0.1) is 17.4 Å². The lowest BCUT2D eigenvalue weighted by Crippen LogP contribution is -2.30. The van der Waals surface area contributed by atoms with Crippen LogP contribution in [0.3, 0.4) is 0 Å². The molecule has 146 valence electrons. The first-order valence-electron chi connectivity index (χ1n) is 9.43. The van der Waals surface area contributed by atoms with Crippen LogP contribution >= 0.6 is 11.3 Å². The summed E-state index contributed by atoms with van der Waals surface area (Å²) in [5.74, 6) is 1.70. The Morgan fingerprint density at radius 3 is 2.86 bits per heavy atom. The first kappa shape index (κ1) is 19.0. The number of carbonyl (C=O) groups is 1. The summed E-state index contributed by atoms with van der Waals surface area (Å²) in [5, 5.41) is 13.9. The van der Waals surface area contributed by atoms with Crippen molar-refractivity contribution in [2.75, 3.05) is 19.6 Å². The molecule has 0 aliphatic carbocycles. The number of nitrogens with zero attached hydrogens (tertiary/aromatic N) is 3. The van der Waals surface area contributed by atoms with E-state index in [1.165, 1.54) is 11.3 Å². The Morgan fingerprint density at radius 2 is 2.03 bits per heavy atom. The quantitative estimate of drug-likeness (QED) is 0.494. The third-order valence-corrected chi connectivity index (χ3v) is 5.73. The van der Waals surface area contributed by atoms with Crippen molar-refractivity contribution < 1.29 is 9.53 Å². The molecule has 1 amide bonds. The molecular formula is C22H20N4O2S. The van der Waals surface area contributed by atoms with E-state index in [1.807, 2.05) is 65.7 Å². The minimum atomic E-state index is -0.0617. The zero-order chi connectivity index (χ0) is 20.1. The number of rotatable bonds is 6. The fraction of sp³-hybridized carbons (Fsp3) is 0.227. The van der Waals surface area contributed by atoms with Crippen LogP contribution in [-0.4, -0.2) is 35.4 Å². The predicted octanol–water partition coefficient (Wildman–Crippen LogP) is 4.14. The Balaban J connectivity index is 1.50. The standard InChI is InChI=1S/C22H20N4O2S/c23-15-24-12-16-10-11-26(13-16)22(27)19-14-29-21(25-19)18-8-4-5-9-20(18)28-17-6-2-1-3-7-17/h1-9,14,16,24H,10-13H2/t16-/m0/s1. The normalized spacial score (nSPS) is 15.7. The van der Waals surface area contributed by atoms with Gasteiger partial charge in [-0.15, -0.1) is 11.3 Å². The highest BCUT2D eigenvalue weighted by Crippen LogP contribution is 2.35. The molecule has 1 aliphatic heterocycles. The molecule has 6 nitrogen and oxygen atoms in total. The summed E-state index contributed by atoms with van der Waals surface area (Å²) in [5.41, 5.74) is 1.31. The number of hydrogen-bond donors (Lipinski definition) is 1. The van der Waals surface area contributed by atoms with Gasteiger partial charge in [-0.2, -0.15) is 5.26 Å². The highest BCUT2D eigenvalue weighted by Gasteiger charge is 2.28. The van der Waals surface area contributed by atoms with E-state index in [4.69, 9.17) is 10.00 Å². The summed E-state index contributed by atoms with van der Waals surface area (Å²) in [7, 11) is 0. The smallest absolute Gasteiger partial charge is 0.273 e. The lowest BCUT2D eigenvalue weighted by molar-refractivity contribution is 0.0782.